The Hall–Kier alpha value is -2.28. The number of rotatable bonds is 4. The Bertz CT molecular complexity index is 808. The first-order chi connectivity index (χ1) is 10.5. The first-order valence-corrected chi connectivity index (χ1v) is 7.64. The third-order valence-electron chi connectivity index (χ3n) is 3.45. The number of anilines is 1. The molecule has 0 aliphatic rings. The zero-order valence-electron chi connectivity index (χ0n) is 12.6. The van der Waals surface area contributed by atoms with Crippen LogP contribution in [0.3, 0.4) is 0 Å². The van der Waals surface area contributed by atoms with E-state index in [-0.39, 0.29) is 5.82 Å². The van der Waals surface area contributed by atoms with Crippen molar-refractivity contribution in [2.24, 2.45) is 7.05 Å². The molecule has 22 heavy (non-hydrogen) atoms. The smallest absolute Gasteiger partial charge is 0.134 e. The summed E-state index contributed by atoms with van der Waals surface area (Å²) in [5.74, 6) is -0.271. The monoisotopic (exact) mass is 317 g/mol. The van der Waals surface area contributed by atoms with Gasteiger partial charge in [0.15, 0.2) is 0 Å². The average molecular weight is 317 g/mol. The van der Waals surface area contributed by atoms with Crippen LogP contribution in [0, 0.1) is 19.7 Å². The molecule has 1 aromatic carbocycles. The fourth-order valence-electron chi connectivity index (χ4n) is 2.29. The molecule has 0 unspecified atom stereocenters. The topological polar surface area (TPSA) is 55.6 Å². The molecular weight excluding hydrogens is 301 g/mol. The highest BCUT2D eigenvalue weighted by Crippen LogP contribution is 2.26. The van der Waals surface area contributed by atoms with Gasteiger partial charge in [-0.2, -0.15) is 5.10 Å². The summed E-state index contributed by atoms with van der Waals surface area (Å²) in [6.07, 6.45) is 0. The molecule has 0 bridgehead atoms. The lowest BCUT2D eigenvalue weighted by Crippen LogP contribution is -2.01. The highest BCUT2D eigenvalue weighted by atomic mass is 32.1. The number of aromatic nitrogens is 4. The number of halogens is 1. The van der Waals surface area contributed by atoms with Crippen LogP contribution >= 0.6 is 11.5 Å². The highest BCUT2D eigenvalue weighted by molar-refractivity contribution is 7.05. The average Bonchev–Trinajstić information content (AvgIpc) is 3.02. The van der Waals surface area contributed by atoms with Crippen LogP contribution in [0.5, 0.6) is 0 Å². The fraction of sp³-hybridized carbons (Fsp3) is 0.267. The first-order valence-electron chi connectivity index (χ1n) is 6.87. The van der Waals surface area contributed by atoms with Gasteiger partial charge in [-0.3, -0.25) is 4.68 Å². The Balaban J connectivity index is 1.80. The van der Waals surface area contributed by atoms with Crippen LogP contribution in [0.1, 0.15) is 16.3 Å². The normalized spacial score (nSPS) is 10.9. The van der Waals surface area contributed by atoms with Gasteiger partial charge in [0.25, 0.3) is 0 Å². The fourth-order valence-corrected chi connectivity index (χ4v) is 2.86. The summed E-state index contributed by atoms with van der Waals surface area (Å²) in [5, 5.41) is 11.4. The Labute approximate surface area is 132 Å². The maximum atomic E-state index is 14.4. The molecule has 0 saturated heterocycles. The highest BCUT2D eigenvalue weighted by Gasteiger charge is 2.11. The van der Waals surface area contributed by atoms with E-state index < -0.39 is 0 Å². The van der Waals surface area contributed by atoms with Crippen LogP contribution in [0.4, 0.5) is 10.1 Å². The molecule has 2 heterocycles. The number of aryl methyl sites for hydroxylation is 3. The summed E-state index contributed by atoms with van der Waals surface area (Å²) in [5.41, 5.74) is 3.81. The van der Waals surface area contributed by atoms with Crippen LogP contribution in [-0.2, 0) is 13.6 Å². The van der Waals surface area contributed by atoms with E-state index in [2.05, 4.69) is 20.0 Å². The van der Waals surface area contributed by atoms with E-state index in [9.17, 15) is 4.39 Å². The number of nitrogens with one attached hydrogen (secondary N) is 1. The second-order valence-corrected chi connectivity index (χ2v) is 5.96. The van der Waals surface area contributed by atoms with Gasteiger partial charge in [-0.05, 0) is 49.6 Å². The molecule has 7 heteroatoms. The quantitative estimate of drug-likeness (QED) is 0.802. The van der Waals surface area contributed by atoms with Crippen molar-refractivity contribution in [3.8, 4) is 11.3 Å². The van der Waals surface area contributed by atoms with Gasteiger partial charge in [0, 0.05) is 18.3 Å². The lowest BCUT2D eigenvalue weighted by molar-refractivity contribution is 0.628. The van der Waals surface area contributed by atoms with E-state index in [4.69, 9.17) is 0 Å². The van der Waals surface area contributed by atoms with Crippen molar-refractivity contribution < 1.29 is 4.39 Å². The molecule has 1 N–H and O–H groups in total. The third kappa shape index (κ3) is 2.85. The zero-order chi connectivity index (χ0) is 15.7. The molecule has 3 rings (SSSR count). The SMILES string of the molecule is Cc1cc(-c2ccc(NCc3snnc3C)cc2F)n(C)n1. The molecule has 5 nitrogen and oxygen atoms in total. The summed E-state index contributed by atoms with van der Waals surface area (Å²) in [6.45, 7) is 4.39. The molecule has 0 spiro atoms. The molecule has 0 atom stereocenters. The van der Waals surface area contributed by atoms with E-state index in [0.717, 1.165) is 27.6 Å². The lowest BCUT2D eigenvalue weighted by Gasteiger charge is -2.08. The van der Waals surface area contributed by atoms with Crippen LogP contribution in [0.2, 0.25) is 0 Å². The van der Waals surface area contributed by atoms with Gasteiger partial charge in [0.05, 0.1) is 28.5 Å². The maximum absolute atomic E-state index is 14.4. The lowest BCUT2D eigenvalue weighted by atomic mass is 10.1. The van der Waals surface area contributed by atoms with Crippen molar-refractivity contribution in [3.05, 3.63) is 46.3 Å². The second kappa shape index (κ2) is 5.84. The maximum Gasteiger partial charge on any atom is 0.134 e. The van der Waals surface area contributed by atoms with Gasteiger partial charge in [0.2, 0.25) is 0 Å². The van der Waals surface area contributed by atoms with Crippen molar-refractivity contribution in [1.82, 2.24) is 19.4 Å². The van der Waals surface area contributed by atoms with Gasteiger partial charge in [-0.25, -0.2) is 4.39 Å². The van der Waals surface area contributed by atoms with Crippen LogP contribution in [0.25, 0.3) is 11.3 Å². The van der Waals surface area contributed by atoms with Gasteiger partial charge in [0.1, 0.15) is 5.82 Å². The van der Waals surface area contributed by atoms with Gasteiger partial charge < -0.3 is 5.32 Å². The molecule has 0 radical (unpaired) electrons. The Kier molecular flexibility index (Phi) is 3.89. The van der Waals surface area contributed by atoms with Crippen molar-refractivity contribution in [2.75, 3.05) is 5.32 Å². The summed E-state index contributed by atoms with van der Waals surface area (Å²) >= 11 is 1.35. The number of hydrogen-bond donors (Lipinski definition) is 1. The van der Waals surface area contributed by atoms with Gasteiger partial charge >= 0.3 is 0 Å². The molecular formula is C15H16FN5S. The third-order valence-corrected chi connectivity index (χ3v) is 4.27. The molecule has 0 fully saturated rings. The van der Waals surface area contributed by atoms with E-state index in [0.29, 0.717) is 12.1 Å². The molecule has 0 aliphatic heterocycles. The minimum absolute atomic E-state index is 0.271. The predicted octanol–water partition coefficient (Wildman–Crippen LogP) is 3.31. The predicted molar refractivity (Wildman–Crippen MR) is 85.3 cm³/mol. The zero-order valence-corrected chi connectivity index (χ0v) is 13.4. The van der Waals surface area contributed by atoms with E-state index in [1.54, 1.807) is 10.7 Å². The molecule has 0 amide bonds. The first kappa shape index (κ1) is 14.6. The molecule has 114 valence electrons. The van der Waals surface area contributed by atoms with Crippen LogP contribution in [0.15, 0.2) is 24.3 Å². The minimum Gasteiger partial charge on any atom is -0.380 e. The van der Waals surface area contributed by atoms with E-state index in [1.807, 2.05) is 33.0 Å². The van der Waals surface area contributed by atoms with Gasteiger partial charge in [-0.1, -0.05) is 4.49 Å². The van der Waals surface area contributed by atoms with Crippen molar-refractivity contribution in [1.29, 1.82) is 0 Å². The molecule has 2 aromatic heterocycles. The Morgan fingerprint density at radius 2 is 2.09 bits per heavy atom. The van der Waals surface area contributed by atoms with Crippen LogP contribution in [-0.4, -0.2) is 19.4 Å². The summed E-state index contributed by atoms with van der Waals surface area (Å²) in [6, 6.07) is 7.01. The summed E-state index contributed by atoms with van der Waals surface area (Å²) < 4.78 is 19.9. The molecule has 0 saturated carbocycles. The number of hydrogen-bond acceptors (Lipinski definition) is 5. The summed E-state index contributed by atoms with van der Waals surface area (Å²) in [7, 11) is 1.81. The Morgan fingerprint density at radius 3 is 2.68 bits per heavy atom. The van der Waals surface area contributed by atoms with Crippen molar-refractivity contribution >= 4 is 17.2 Å². The Morgan fingerprint density at radius 1 is 1.27 bits per heavy atom. The number of nitrogens with zero attached hydrogens (tertiary/aromatic N) is 4. The van der Waals surface area contributed by atoms with Crippen molar-refractivity contribution in [3.63, 3.8) is 0 Å². The summed E-state index contributed by atoms with van der Waals surface area (Å²) in [4.78, 5) is 1.05. The minimum atomic E-state index is -0.271. The van der Waals surface area contributed by atoms with Crippen LogP contribution < -0.4 is 5.32 Å². The van der Waals surface area contributed by atoms with E-state index >= 15 is 0 Å². The number of benzene rings is 1. The van der Waals surface area contributed by atoms with E-state index in [1.165, 1.54) is 17.6 Å². The largest absolute Gasteiger partial charge is 0.380 e. The second-order valence-electron chi connectivity index (χ2n) is 5.12. The molecule has 0 aliphatic carbocycles. The van der Waals surface area contributed by atoms with Crippen molar-refractivity contribution in [2.45, 2.75) is 20.4 Å². The standard InChI is InChI=1S/C15H16FN5S/c1-9-6-14(21(3)19-9)12-5-4-11(7-13(12)16)17-8-15-10(2)18-20-22-15/h4-7,17H,8H2,1-3H3. The van der Waals surface area contributed by atoms with Gasteiger partial charge in [-0.15, -0.1) is 5.10 Å². The molecule has 3 aromatic rings.